The molecular formula is C27H39N3O6S. The van der Waals surface area contributed by atoms with E-state index in [1.54, 1.807) is 38.3 Å². The van der Waals surface area contributed by atoms with Crippen molar-refractivity contribution in [3.63, 3.8) is 0 Å². The first-order valence-electron chi connectivity index (χ1n) is 12.1. The van der Waals surface area contributed by atoms with E-state index in [1.165, 1.54) is 16.3 Å². The van der Waals surface area contributed by atoms with Crippen LogP contribution in [0.25, 0.3) is 0 Å². The quantitative estimate of drug-likeness (QED) is 0.447. The van der Waals surface area contributed by atoms with E-state index in [0.717, 1.165) is 11.8 Å². The zero-order chi connectivity index (χ0) is 27.8. The van der Waals surface area contributed by atoms with E-state index in [-0.39, 0.29) is 37.7 Å². The Bertz CT molecular complexity index is 1180. The highest BCUT2D eigenvalue weighted by Crippen LogP contribution is 2.24. The normalized spacial score (nSPS) is 12.4. The van der Waals surface area contributed by atoms with Gasteiger partial charge in [-0.1, -0.05) is 18.2 Å². The van der Waals surface area contributed by atoms with Crippen molar-refractivity contribution in [1.82, 2.24) is 10.2 Å². The van der Waals surface area contributed by atoms with Gasteiger partial charge in [-0.2, -0.15) is 0 Å². The zero-order valence-electron chi connectivity index (χ0n) is 22.8. The van der Waals surface area contributed by atoms with Crippen molar-refractivity contribution < 1.29 is 27.5 Å². The SMILES string of the molecule is COc1cccc(CN(C(=O)CCCN(c2cccc(OC)c2)S(C)(=O)=O)[C@@H](C)C(=O)NC(C)(C)C)c1. The van der Waals surface area contributed by atoms with E-state index in [4.69, 9.17) is 9.47 Å². The topological polar surface area (TPSA) is 105 Å². The molecule has 2 rings (SSSR count). The van der Waals surface area contributed by atoms with Crippen molar-refractivity contribution in [2.24, 2.45) is 0 Å². The summed E-state index contributed by atoms with van der Waals surface area (Å²) in [6, 6.07) is 13.3. The summed E-state index contributed by atoms with van der Waals surface area (Å²) in [5.74, 6) is 0.667. The van der Waals surface area contributed by atoms with E-state index < -0.39 is 21.6 Å². The summed E-state index contributed by atoms with van der Waals surface area (Å²) in [5, 5.41) is 2.93. The van der Waals surface area contributed by atoms with Gasteiger partial charge in [0.1, 0.15) is 17.5 Å². The Morgan fingerprint density at radius 3 is 2.16 bits per heavy atom. The Kier molecular flexibility index (Phi) is 10.4. The van der Waals surface area contributed by atoms with Crippen LogP contribution in [0.2, 0.25) is 0 Å². The maximum Gasteiger partial charge on any atom is 0.242 e. The van der Waals surface area contributed by atoms with Gasteiger partial charge in [0.05, 0.1) is 26.2 Å². The Hall–Kier alpha value is -3.27. The highest BCUT2D eigenvalue weighted by atomic mass is 32.2. The number of methoxy groups -OCH3 is 2. The molecule has 0 saturated heterocycles. The summed E-state index contributed by atoms with van der Waals surface area (Å²) in [5.41, 5.74) is 0.820. The summed E-state index contributed by atoms with van der Waals surface area (Å²) in [4.78, 5) is 27.9. The number of hydrogen-bond donors (Lipinski definition) is 1. The molecule has 0 aliphatic carbocycles. The Labute approximate surface area is 220 Å². The summed E-state index contributed by atoms with van der Waals surface area (Å²) < 4.78 is 36.8. The molecule has 37 heavy (non-hydrogen) atoms. The highest BCUT2D eigenvalue weighted by Gasteiger charge is 2.28. The molecular weight excluding hydrogens is 494 g/mol. The molecule has 1 N–H and O–H groups in total. The smallest absolute Gasteiger partial charge is 0.242 e. The second-order valence-corrected chi connectivity index (χ2v) is 11.8. The van der Waals surface area contributed by atoms with Crippen molar-refractivity contribution in [2.45, 2.75) is 58.7 Å². The van der Waals surface area contributed by atoms with Crippen LogP contribution in [0.3, 0.4) is 0 Å². The van der Waals surface area contributed by atoms with Crippen molar-refractivity contribution >= 4 is 27.5 Å². The molecule has 9 nitrogen and oxygen atoms in total. The van der Waals surface area contributed by atoms with Crippen LogP contribution in [0.5, 0.6) is 11.5 Å². The van der Waals surface area contributed by atoms with Crippen LogP contribution < -0.4 is 19.1 Å². The lowest BCUT2D eigenvalue weighted by Crippen LogP contribution is -2.52. The number of amides is 2. The molecule has 2 amide bonds. The predicted molar refractivity (Wildman–Crippen MR) is 145 cm³/mol. The molecule has 0 fully saturated rings. The van der Waals surface area contributed by atoms with E-state index >= 15 is 0 Å². The largest absolute Gasteiger partial charge is 0.497 e. The predicted octanol–water partition coefficient (Wildman–Crippen LogP) is 3.58. The van der Waals surface area contributed by atoms with Gasteiger partial charge < -0.3 is 19.7 Å². The van der Waals surface area contributed by atoms with Crippen LogP contribution in [0.15, 0.2) is 48.5 Å². The van der Waals surface area contributed by atoms with Crippen molar-refractivity contribution in [3.8, 4) is 11.5 Å². The average molecular weight is 534 g/mol. The van der Waals surface area contributed by atoms with E-state index in [9.17, 15) is 18.0 Å². The Balaban J connectivity index is 2.22. The first kappa shape index (κ1) is 30.0. The molecule has 0 aromatic heterocycles. The number of carbonyl (C=O) groups is 2. The van der Waals surface area contributed by atoms with Gasteiger partial charge in [-0.3, -0.25) is 13.9 Å². The van der Waals surface area contributed by atoms with Gasteiger partial charge in [-0.15, -0.1) is 0 Å². The Morgan fingerprint density at radius 2 is 1.59 bits per heavy atom. The van der Waals surface area contributed by atoms with Crippen molar-refractivity contribution in [2.75, 3.05) is 31.3 Å². The van der Waals surface area contributed by atoms with E-state index in [1.807, 2.05) is 45.0 Å². The summed E-state index contributed by atoms with van der Waals surface area (Å²) >= 11 is 0. The molecule has 0 saturated carbocycles. The first-order chi connectivity index (χ1) is 17.2. The number of rotatable bonds is 12. The second-order valence-electron chi connectivity index (χ2n) is 9.93. The number of anilines is 1. The van der Waals surface area contributed by atoms with Gasteiger partial charge in [0.15, 0.2) is 0 Å². The maximum absolute atomic E-state index is 13.4. The fourth-order valence-electron chi connectivity index (χ4n) is 3.79. The lowest BCUT2D eigenvalue weighted by atomic mass is 10.1. The molecule has 204 valence electrons. The van der Waals surface area contributed by atoms with Crippen molar-refractivity contribution in [3.05, 3.63) is 54.1 Å². The average Bonchev–Trinajstić information content (AvgIpc) is 2.82. The molecule has 2 aromatic rings. The maximum atomic E-state index is 13.4. The number of nitrogens with zero attached hydrogens (tertiary/aromatic N) is 2. The van der Waals surface area contributed by atoms with Gasteiger partial charge in [-0.05, 0) is 63.9 Å². The second kappa shape index (κ2) is 12.8. The minimum Gasteiger partial charge on any atom is -0.497 e. The van der Waals surface area contributed by atoms with Crippen LogP contribution in [-0.4, -0.2) is 63.7 Å². The van der Waals surface area contributed by atoms with E-state index in [0.29, 0.717) is 17.2 Å². The van der Waals surface area contributed by atoms with E-state index in [2.05, 4.69) is 5.32 Å². The minimum absolute atomic E-state index is 0.0626. The number of benzene rings is 2. The zero-order valence-corrected chi connectivity index (χ0v) is 23.6. The first-order valence-corrected chi connectivity index (χ1v) is 14.0. The highest BCUT2D eigenvalue weighted by molar-refractivity contribution is 7.92. The fourth-order valence-corrected chi connectivity index (χ4v) is 4.75. The molecule has 0 unspecified atom stereocenters. The van der Waals surface area contributed by atoms with Gasteiger partial charge in [0, 0.05) is 31.1 Å². The summed E-state index contributed by atoms with van der Waals surface area (Å²) in [6.07, 6.45) is 1.46. The van der Waals surface area contributed by atoms with Crippen LogP contribution in [-0.2, 0) is 26.2 Å². The number of nitrogens with one attached hydrogen (secondary N) is 1. The third-order valence-corrected chi connectivity index (χ3v) is 6.84. The Morgan fingerprint density at radius 1 is 1.00 bits per heavy atom. The lowest BCUT2D eigenvalue weighted by molar-refractivity contribution is -0.141. The third-order valence-electron chi connectivity index (χ3n) is 5.65. The summed E-state index contributed by atoms with van der Waals surface area (Å²) in [6.45, 7) is 7.64. The van der Waals surface area contributed by atoms with Crippen molar-refractivity contribution in [1.29, 1.82) is 0 Å². The fraction of sp³-hybridized carbons (Fsp3) is 0.481. The third kappa shape index (κ3) is 9.27. The molecule has 0 bridgehead atoms. The van der Waals surface area contributed by atoms with Crippen LogP contribution in [0.4, 0.5) is 5.69 Å². The van der Waals surface area contributed by atoms with Gasteiger partial charge >= 0.3 is 0 Å². The van der Waals surface area contributed by atoms with Crippen LogP contribution in [0.1, 0.15) is 46.1 Å². The minimum atomic E-state index is -3.59. The van der Waals surface area contributed by atoms with Crippen LogP contribution in [0, 0.1) is 0 Å². The molecule has 2 aromatic carbocycles. The molecule has 0 radical (unpaired) electrons. The standard InChI is InChI=1S/C27H39N3O6S/c1-20(26(32)28-27(2,3)4)29(19-21-11-8-13-23(17-21)35-5)25(31)15-10-16-30(37(7,33)34)22-12-9-14-24(18-22)36-6/h8-9,11-14,17-18,20H,10,15-16,19H2,1-7H3,(H,28,32)/t20-/m0/s1. The molecule has 10 heteroatoms. The number of hydrogen-bond acceptors (Lipinski definition) is 6. The number of ether oxygens (including phenoxy) is 2. The van der Waals surface area contributed by atoms with Gasteiger partial charge in [0.25, 0.3) is 0 Å². The molecule has 0 spiro atoms. The lowest BCUT2D eigenvalue weighted by Gasteiger charge is -2.32. The summed E-state index contributed by atoms with van der Waals surface area (Å²) in [7, 11) is -0.515. The number of sulfonamides is 1. The van der Waals surface area contributed by atoms with Gasteiger partial charge in [0.2, 0.25) is 21.8 Å². The number of carbonyl (C=O) groups excluding carboxylic acids is 2. The molecule has 0 heterocycles. The monoisotopic (exact) mass is 533 g/mol. The van der Waals surface area contributed by atoms with Gasteiger partial charge in [-0.25, -0.2) is 8.42 Å². The molecule has 0 aliphatic rings. The molecule has 1 atom stereocenters. The molecule has 0 aliphatic heterocycles. The van der Waals surface area contributed by atoms with Crippen LogP contribution >= 0.6 is 0 Å².